The van der Waals surface area contributed by atoms with Crippen molar-refractivity contribution in [3.05, 3.63) is 35.4 Å². The van der Waals surface area contributed by atoms with E-state index in [4.69, 9.17) is 4.74 Å². The van der Waals surface area contributed by atoms with Crippen LogP contribution in [0.15, 0.2) is 18.2 Å². The lowest BCUT2D eigenvalue weighted by molar-refractivity contribution is -0.148. The first-order valence-electron chi connectivity index (χ1n) is 7.18. The number of carbonyl (C=O) groups excluding carboxylic acids is 1. The molecule has 1 aromatic rings. The molecule has 110 valence electrons. The number of carbonyl (C=O) groups is 1. The van der Waals surface area contributed by atoms with Crippen molar-refractivity contribution in [1.82, 2.24) is 0 Å². The summed E-state index contributed by atoms with van der Waals surface area (Å²) in [6.45, 7) is 1.87. The van der Waals surface area contributed by atoms with Crippen molar-refractivity contribution < 1.29 is 18.3 Å². The van der Waals surface area contributed by atoms with Crippen molar-refractivity contribution in [3.8, 4) is 0 Å². The van der Waals surface area contributed by atoms with Crippen LogP contribution >= 0.6 is 0 Å². The lowest BCUT2D eigenvalue weighted by atomic mass is 9.89. The number of hydrogen-bond donors (Lipinski definition) is 0. The maximum atomic E-state index is 13.7. The van der Waals surface area contributed by atoms with E-state index >= 15 is 0 Å². The van der Waals surface area contributed by atoms with Crippen LogP contribution in [0.4, 0.5) is 8.78 Å². The summed E-state index contributed by atoms with van der Waals surface area (Å²) < 4.78 is 31.9. The predicted octanol–water partition coefficient (Wildman–Crippen LogP) is 4.02. The van der Waals surface area contributed by atoms with Gasteiger partial charge in [-0.1, -0.05) is 12.5 Å². The number of benzene rings is 1. The van der Waals surface area contributed by atoms with Crippen LogP contribution in [0.3, 0.4) is 0 Å². The van der Waals surface area contributed by atoms with Crippen LogP contribution in [0.25, 0.3) is 0 Å². The highest BCUT2D eigenvalue weighted by molar-refractivity contribution is 5.69. The summed E-state index contributed by atoms with van der Waals surface area (Å²) in [7, 11) is 0. The lowest BCUT2D eigenvalue weighted by Crippen LogP contribution is -2.18. The van der Waals surface area contributed by atoms with E-state index in [-0.39, 0.29) is 18.0 Å². The molecule has 0 N–H and O–H groups in total. The molecule has 0 radical (unpaired) electrons. The third-order valence-electron chi connectivity index (χ3n) is 3.76. The second kappa shape index (κ2) is 6.82. The Morgan fingerprint density at radius 2 is 2.10 bits per heavy atom. The normalized spacial score (nSPS) is 24.4. The first-order valence-corrected chi connectivity index (χ1v) is 7.18. The van der Waals surface area contributed by atoms with Crippen molar-refractivity contribution in [2.45, 2.75) is 51.6 Å². The van der Waals surface area contributed by atoms with Crippen molar-refractivity contribution in [3.63, 3.8) is 0 Å². The largest absolute Gasteiger partial charge is 0.463 e. The van der Waals surface area contributed by atoms with E-state index in [1.165, 1.54) is 12.1 Å². The summed E-state index contributed by atoms with van der Waals surface area (Å²) in [6.07, 6.45) is 4.30. The quantitative estimate of drug-likeness (QED) is 0.766. The fourth-order valence-electron chi connectivity index (χ4n) is 2.80. The van der Waals surface area contributed by atoms with Crippen molar-refractivity contribution >= 4 is 5.97 Å². The fourth-order valence-corrected chi connectivity index (χ4v) is 2.80. The molecule has 1 aromatic carbocycles. The predicted molar refractivity (Wildman–Crippen MR) is 72.2 cm³/mol. The third-order valence-corrected chi connectivity index (χ3v) is 3.76. The molecule has 0 aromatic heterocycles. The van der Waals surface area contributed by atoms with Crippen molar-refractivity contribution in [2.75, 3.05) is 0 Å². The Hall–Kier alpha value is -1.45. The Kier molecular flexibility index (Phi) is 5.10. The standard InChI is InChI=1S/C16H20F2O2/c1-11-8-12(4-2-3-5-16(19)20-11)9-13-6-7-14(17)10-15(13)18/h6-7,10-12H,2-5,8-9H2,1H3. The van der Waals surface area contributed by atoms with Gasteiger partial charge in [0.05, 0.1) is 6.10 Å². The molecule has 1 heterocycles. The van der Waals surface area contributed by atoms with Crippen LogP contribution in [0.2, 0.25) is 0 Å². The fraction of sp³-hybridized carbons (Fsp3) is 0.562. The number of rotatable bonds is 2. The van der Waals surface area contributed by atoms with Gasteiger partial charge in [-0.05, 0) is 50.2 Å². The highest BCUT2D eigenvalue weighted by Gasteiger charge is 2.20. The van der Waals surface area contributed by atoms with Gasteiger partial charge >= 0.3 is 5.97 Å². The highest BCUT2D eigenvalue weighted by atomic mass is 19.1. The average Bonchev–Trinajstić information content (AvgIpc) is 2.44. The third kappa shape index (κ3) is 4.29. The molecule has 2 atom stereocenters. The van der Waals surface area contributed by atoms with Crippen LogP contribution in [-0.2, 0) is 16.0 Å². The van der Waals surface area contributed by atoms with E-state index < -0.39 is 11.6 Å². The van der Waals surface area contributed by atoms with Gasteiger partial charge in [-0.15, -0.1) is 0 Å². The Morgan fingerprint density at radius 1 is 1.30 bits per heavy atom. The number of esters is 1. The summed E-state index contributed by atoms with van der Waals surface area (Å²) in [4.78, 5) is 11.4. The molecule has 2 unspecified atom stereocenters. The Bertz CT molecular complexity index is 474. The van der Waals surface area contributed by atoms with Gasteiger partial charge in [-0.25, -0.2) is 8.78 Å². The van der Waals surface area contributed by atoms with E-state index in [1.54, 1.807) is 0 Å². The van der Waals surface area contributed by atoms with Crippen LogP contribution in [0.5, 0.6) is 0 Å². The van der Waals surface area contributed by atoms with Crippen molar-refractivity contribution in [2.24, 2.45) is 5.92 Å². The number of cyclic esters (lactones) is 1. The zero-order chi connectivity index (χ0) is 14.5. The second-order valence-electron chi connectivity index (χ2n) is 5.59. The van der Waals surface area contributed by atoms with E-state index in [9.17, 15) is 13.6 Å². The van der Waals surface area contributed by atoms with Gasteiger partial charge < -0.3 is 4.74 Å². The van der Waals surface area contributed by atoms with Gasteiger partial charge in [0, 0.05) is 12.5 Å². The molecule has 0 saturated carbocycles. The number of hydrogen-bond acceptors (Lipinski definition) is 2. The molecule has 0 amide bonds. The van der Waals surface area contributed by atoms with E-state index in [0.717, 1.165) is 31.7 Å². The maximum Gasteiger partial charge on any atom is 0.306 e. The van der Waals surface area contributed by atoms with Gasteiger partial charge in [-0.3, -0.25) is 4.79 Å². The van der Waals surface area contributed by atoms with Crippen LogP contribution in [-0.4, -0.2) is 12.1 Å². The summed E-state index contributed by atoms with van der Waals surface area (Å²) in [5, 5.41) is 0. The lowest BCUT2D eigenvalue weighted by Gasteiger charge is -2.20. The second-order valence-corrected chi connectivity index (χ2v) is 5.59. The SMILES string of the molecule is CC1CC(Cc2ccc(F)cc2F)CCCCC(=O)O1. The topological polar surface area (TPSA) is 26.3 Å². The van der Waals surface area contributed by atoms with Crippen molar-refractivity contribution in [1.29, 1.82) is 0 Å². The summed E-state index contributed by atoms with van der Waals surface area (Å²) in [6, 6.07) is 3.72. The minimum Gasteiger partial charge on any atom is -0.463 e. The highest BCUT2D eigenvalue weighted by Crippen LogP contribution is 2.25. The monoisotopic (exact) mass is 282 g/mol. The minimum absolute atomic E-state index is 0.144. The van der Waals surface area contributed by atoms with Crippen LogP contribution in [0, 0.1) is 17.6 Å². The molecule has 1 aliphatic rings. The molecule has 2 rings (SSSR count). The van der Waals surface area contributed by atoms with E-state index in [2.05, 4.69) is 0 Å². The smallest absolute Gasteiger partial charge is 0.306 e. The Morgan fingerprint density at radius 3 is 2.85 bits per heavy atom. The zero-order valence-electron chi connectivity index (χ0n) is 11.7. The molecule has 4 heteroatoms. The Balaban J connectivity index is 2.04. The summed E-state index contributed by atoms with van der Waals surface area (Å²) in [5.74, 6) is -0.931. The zero-order valence-corrected chi connectivity index (χ0v) is 11.7. The van der Waals surface area contributed by atoms with Gasteiger partial charge in [-0.2, -0.15) is 0 Å². The molecule has 20 heavy (non-hydrogen) atoms. The molecule has 0 spiro atoms. The van der Waals surface area contributed by atoms with E-state index in [0.29, 0.717) is 18.4 Å². The average molecular weight is 282 g/mol. The Labute approximate surface area is 118 Å². The molecule has 2 nitrogen and oxygen atoms in total. The molecule has 0 bridgehead atoms. The van der Waals surface area contributed by atoms with Gasteiger partial charge in [0.15, 0.2) is 0 Å². The first kappa shape index (κ1) is 14.9. The summed E-state index contributed by atoms with van der Waals surface area (Å²) in [5.41, 5.74) is 0.536. The van der Waals surface area contributed by atoms with Gasteiger partial charge in [0.2, 0.25) is 0 Å². The summed E-state index contributed by atoms with van der Waals surface area (Å²) >= 11 is 0. The van der Waals surface area contributed by atoms with Gasteiger partial charge in [0.1, 0.15) is 11.6 Å². The maximum absolute atomic E-state index is 13.7. The number of ether oxygens (including phenoxy) is 1. The number of halogens is 2. The molecule has 1 aliphatic heterocycles. The molecule has 1 saturated heterocycles. The molecule has 1 fully saturated rings. The van der Waals surface area contributed by atoms with Crippen LogP contribution in [0.1, 0.15) is 44.6 Å². The van der Waals surface area contributed by atoms with E-state index in [1.807, 2.05) is 6.92 Å². The first-order chi connectivity index (χ1) is 9.54. The van der Waals surface area contributed by atoms with Gasteiger partial charge in [0.25, 0.3) is 0 Å². The van der Waals surface area contributed by atoms with Crippen LogP contribution < -0.4 is 0 Å². The minimum atomic E-state index is -0.553. The molecule has 0 aliphatic carbocycles. The molecular formula is C16H20F2O2. The molecular weight excluding hydrogens is 262 g/mol.